The van der Waals surface area contributed by atoms with Crippen molar-refractivity contribution in [2.45, 2.75) is 51.9 Å². The average Bonchev–Trinajstić information content (AvgIpc) is 2.78. The van der Waals surface area contributed by atoms with Crippen LogP contribution in [0.5, 0.6) is 0 Å². The van der Waals surface area contributed by atoms with Gasteiger partial charge in [-0.05, 0) is 25.8 Å². The predicted octanol–water partition coefficient (Wildman–Crippen LogP) is 2.63. The summed E-state index contributed by atoms with van der Waals surface area (Å²) < 4.78 is 5.24. The third kappa shape index (κ3) is 3.44. The van der Waals surface area contributed by atoms with Crippen LogP contribution in [0.1, 0.15) is 44.0 Å². The fourth-order valence-corrected chi connectivity index (χ4v) is 2.94. The molecule has 0 aliphatic carbocycles. The van der Waals surface area contributed by atoms with E-state index in [1.165, 1.54) is 5.56 Å². The lowest BCUT2D eigenvalue weighted by Gasteiger charge is -2.30. The first-order valence-electron chi connectivity index (χ1n) is 7.72. The molecule has 4 heteroatoms. The second kappa shape index (κ2) is 7.05. The van der Waals surface area contributed by atoms with E-state index in [1.807, 2.05) is 11.8 Å². The molecule has 1 heterocycles. The van der Waals surface area contributed by atoms with Gasteiger partial charge in [0.15, 0.2) is 0 Å². The number of hydrogen-bond donors (Lipinski definition) is 1. The summed E-state index contributed by atoms with van der Waals surface area (Å²) in [5.74, 6) is 0.187. The van der Waals surface area contributed by atoms with Gasteiger partial charge in [-0.1, -0.05) is 43.2 Å². The van der Waals surface area contributed by atoms with Crippen LogP contribution in [0.25, 0.3) is 0 Å². The van der Waals surface area contributed by atoms with Gasteiger partial charge < -0.3 is 9.64 Å². The fourth-order valence-electron chi connectivity index (χ4n) is 2.94. The van der Waals surface area contributed by atoms with Crippen molar-refractivity contribution >= 4 is 5.91 Å². The van der Waals surface area contributed by atoms with Crippen molar-refractivity contribution in [2.75, 3.05) is 13.7 Å². The van der Waals surface area contributed by atoms with E-state index >= 15 is 0 Å². The molecule has 4 nitrogen and oxygen atoms in total. The first-order chi connectivity index (χ1) is 10.1. The Bertz CT molecular complexity index is 472. The van der Waals surface area contributed by atoms with Gasteiger partial charge >= 0.3 is 0 Å². The molecule has 1 amide bonds. The molecule has 0 saturated carbocycles. The molecule has 0 spiro atoms. The smallest absolute Gasteiger partial charge is 0.241 e. The number of ether oxygens (including phenoxy) is 1. The van der Waals surface area contributed by atoms with E-state index in [-0.39, 0.29) is 24.2 Å². The van der Waals surface area contributed by atoms with E-state index in [0.29, 0.717) is 6.61 Å². The van der Waals surface area contributed by atoms with Crippen LogP contribution in [0.3, 0.4) is 0 Å². The van der Waals surface area contributed by atoms with Crippen LogP contribution in [0.15, 0.2) is 24.3 Å². The summed E-state index contributed by atoms with van der Waals surface area (Å²) in [5, 5.41) is 3.49. The summed E-state index contributed by atoms with van der Waals surface area (Å²) in [7, 11) is 1.68. The Kier molecular flexibility index (Phi) is 5.37. The summed E-state index contributed by atoms with van der Waals surface area (Å²) in [5.41, 5.74) is 2.36. The molecule has 1 fully saturated rings. The maximum absolute atomic E-state index is 12.7. The molecule has 0 bridgehead atoms. The molecule has 0 aromatic heterocycles. The summed E-state index contributed by atoms with van der Waals surface area (Å²) >= 11 is 0. The molecule has 1 N–H and O–H groups in total. The van der Waals surface area contributed by atoms with Gasteiger partial charge in [0, 0.05) is 7.11 Å². The Morgan fingerprint density at radius 1 is 1.33 bits per heavy atom. The molecule has 3 unspecified atom stereocenters. The van der Waals surface area contributed by atoms with Crippen molar-refractivity contribution in [2.24, 2.45) is 0 Å². The van der Waals surface area contributed by atoms with E-state index in [2.05, 4.69) is 43.4 Å². The maximum atomic E-state index is 12.7. The third-order valence-electron chi connectivity index (χ3n) is 4.04. The zero-order valence-electron chi connectivity index (χ0n) is 13.4. The normalized spacial score (nSPS) is 23.6. The minimum absolute atomic E-state index is 0.0557. The van der Waals surface area contributed by atoms with Gasteiger partial charge in [0.1, 0.15) is 6.17 Å². The number of carbonyl (C=O) groups is 1. The zero-order valence-corrected chi connectivity index (χ0v) is 13.4. The Balaban J connectivity index is 2.26. The molecular formula is C17H26N2O2. The second-order valence-corrected chi connectivity index (χ2v) is 5.87. The van der Waals surface area contributed by atoms with E-state index in [0.717, 1.165) is 18.4 Å². The Labute approximate surface area is 127 Å². The van der Waals surface area contributed by atoms with E-state index < -0.39 is 0 Å². The molecule has 1 aromatic carbocycles. The molecule has 21 heavy (non-hydrogen) atoms. The summed E-state index contributed by atoms with van der Waals surface area (Å²) in [6, 6.07) is 8.35. The fraction of sp³-hybridized carbons (Fsp3) is 0.588. The highest BCUT2D eigenvalue weighted by molar-refractivity contribution is 5.84. The van der Waals surface area contributed by atoms with Gasteiger partial charge in [0.2, 0.25) is 5.91 Å². The van der Waals surface area contributed by atoms with Crippen molar-refractivity contribution in [3.63, 3.8) is 0 Å². The monoisotopic (exact) mass is 290 g/mol. The molecular weight excluding hydrogens is 264 g/mol. The molecule has 1 aliphatic heterocycles. The molecule has 116 valence electrons. The van der Waals surface area contributed by atoms with Gasteiger partial charge in [-0.2, -0.15) is 0 Å². The standard InChI is InChI=1S/C17H26N2O2/c1-5-6-15-17(20)19(13(3)11-21-4)16(18-15)14-9-7-12(2)8-10-14/h7-10,13,15-16,18H,5-6,11H2,1-4H3. The summed E-state index contributed by atoms with van der Waals surface area (Å²) in [4.78, 5) is 14.6. The van der Waals surface area contributed by atoms with Crippen LogP contribution in [-0.4, -0.2) is 36.6 Å². The predicted molar refractivity (Wildman–Crippen MR) is 83.9 cm³/mol. The zero-order chi connectivity index (χ0) is 15.4. The Morgan fingerprint density at radius 3 is 2.57 bits per heavy atom. The van der Waals surface area contributed by atoms with Crippen LogP contribution >= 0.6 is 0 Å². The van der Waals surface area contributed by atoms with Crippen molar-refractivity contribution in [1.29, 1.82) is 0 Å². The minimum Gasteiger partial charge on any atom is -0.383 e. The minimum atomic E-state index is -0.0828. The number of nitrogens with zero attached hydrogens (tertiary/aromatic N) is 1. The maximum Gasteiger partial charge on any atom is 0.241 e. The number of benzene rings is 1. The molecule has 1 saturated heterocycles. The van der Waals surface area contributed by atoms with Crippen molar-refractivity contribution in [3.8, 4) is 0 Å². The summed E-state index contributed by atoms with van der Waals surface area (Å²) in [6.07, 6.45) is 1.81. The van der Waals surface area contributed by atoms with Crippen molar-refractivity contribution < 1.29 is 9.53 Å². The highest BCUT2D eigenvalue weighted by Gasteiger charge is 2.41. The van der Waals surface area contributed by atoms with Crippen LogP contribution in [-0.2, 0) is 9.53 Å². The average molecular weight is 290 g/mol. The van der Waals surface area contributed by atoms with Crippen LogP contribution < -0.4 is 5.32 Å². The molecule has 3 atom stereocenters. The first-order valence-corrected chi connectivity index (χ1v) is 7.72. The van der Waals surface area contributed by atoms with Crippen molar-refractivity contribution in [3.05, 3.63) is 35.4 Å². The quantitative estimate of drug-likeness (QED) is 0.875. The van der Waals surface area contributed by atoms with Gasteiger partial charge in [0.05, 0.1) is 18.7 Å². The van der Waals surface area contributed by atoms with Crippen LogP contribution in [0.4, 0.5) is 0 Å². The molecule has 1 aromatic rings. The highest BCUT2D eigenvalue weighted by atomic mass is 16.5. The second-order valence-electron chi connectivity index (χ2n) is 5.87. The number of hydrogen-bond acceptors (Lipinski definition) is 3. The number of methoxy groups -OCH3 is 1. The molecule has 2 rings (SSSR count). The number of aryl methyl sites for hydroxylation is 1. The highest BCUT2D eigenvalue weighted by Crippen LogP contribution is 2.29. The van der Waals surface area contributed by atoms with Gasteiger partial charge in [-0.15, -0.1) is 0 Å². The van der Waals surface area contributed by atoms with E-state index in [9.17, 15) is 4.79 Å². The number of amides is 1. The lowest BCUT2D eigenvalue weighted by atomic mass is 10.1. The topological polar surface area (TPSA) is 41.6 Å². The summed E-state index contributed by atoms with van der Waals surface area (Å²) in [6.45, 7) is 6.77. The number of nitrogens with one attached hydrogen (secondary N) is 1. The Hall–Kier alpha value is -1.39. The number of carbonyl (C=O) groups excluding carboxylic acids is 1. The van der Waals surface area contributed by atoms with Crippen molar-refractivity contribution in [1.82, 2.24) is 10.2 Å². The largest absolute Gasteiger partial charge is 0.383 e. The first kappa shape index (κ1) is 16.0. The number of rotatable bonds is 6. The van der Waals surface area contributed by atoms with Gasteiger partial charge in [0.25, 0.3) is 0 Å². The lowest BCUT2D eigenvalue weighted by molar-refractivity contribution is -0.133. The SMILES string of the molecule is CCCC1NC(c2ccc(C)cc2)N(C(C)COC)C1=O. The van der Waals surface area contributed by atoms with E-state index in [4.69, 9.17) is 4.74 Å². The van der Waals surface area contributed by atoms with E-state index in [1.54, 1.807) is 7.11 Å². The Morgan fingerprint density at radius 2 is 2.00 bits per heavy atom. The van der Waals surface area contributed by atoms with Gasteiger partial charge in [-0.25, -0.2) is 0 Å². The third-order valence-corrected chi connectivity index (χ3v) is 4.04. The molecule has 0 radical (unpaired) electrons. The van der Waals surface area contributed by atoms with Gasteiger partial charge in [-0.3, -0.25) is 10.1 Å². The van der Waals surface area contributed by atoms with Crippen LogP contribution in [0, 0.1) is 6.92 Å². The lowest BCUT2D eigenvalue weighted by Crippen LogP contribution is -2.40. The molecule has 1 aliphatic rings. The van der Waals surface area contributed by atoms with Crippen LogP contribution in [0.2, 0.25) is 0 Å².